The summed E-state index contributed by atoms with van der Waals surface area (Å²) in [7, 11) is 0. The van der Waals surface area contributed by atoms with Gasteiger partial charge in [-0.15, -0.1) is 11.8 Å². The molecule has 30 heavy (non-hydrogen) atoms. The van der Waals surface area contributed by atoms with Gasteiger partial charge in [0.1, 0.15) is 5.75 Å². The van der Waals surface area contributed by atoms with E-state index in [4.69, 9.17) is 4.74 Å². The molecule has 2 aromatic carbocycles. The first kappa shape index (κ1) is 21.9. The number of amides is 3. The number of ether oxygens (including phenoxy) is 1. The van der Waals surface area contributed by atoms with Crippen molar-refractivity contribution in [3.8, 4) is 5.75 Å². The zero-order valence-electron chi connectivity index (χ0n) is 17.4. The van der Waals surface area contributed by atoms with E-state index in [1.165, 1.54) is 16.7 Å². The predicted molar refractivity (Wildman–Crippen MR) is 120 cm³/mol. The summed E-state index contributed by atoms with van der Waals surface area (Å²) < 4.78 is 5.40. The number of imide groups is 1. The lowest BCUT2D eigenvalue weighted by atomic mass is 10.1. The Hall–Kier alpha value is -2.80. The number of hydrogen-bond donors (Lipinski definition) is 1. The summed E-state index contributed by atoms with van der Waals surface area (Å²) in [5, 5.41) is 2.40. The number of rotatable bonds is 8. The van der Waals surface area contributed by atoms with Crippen molar-refractivity contribution in [1.29, 1.82) is 0 Å². The SMILES string of the molecule is CCOc1ccc(N2C(=O)C[C@@H](SCC(=O)Nc3c(C)cccc3CC)C2=O)cc1. The van der Waals surface area contributed by atoms with Crippen molar-refractivity contribution in [3.05, 3.63) is 53.6 Å². The number of nitrogens with one attached hydrogen (secondary N) is 1. The first-order chi connectivity index (χ1) is 14.4. The highest BCUT2D eigenvalue weighted by molar-refractivity contribution is 8.01. The number of para-hydroxylation sites is 1. The van der Waals surface area contributed by atoms with Gasteiger partial charge in [-0.1, -0.05) is 25.1 Å². The van der Waals surface area contributed by atoms with Crippen LogP contribution in [-0.2, 0) is 20.8 Å². The molecule has 0 radical (unpaired) electrons. The van der Waals surface area contributed by atoms with Crippen molar-refractivity contribution >= 4 is 40.9 Å². The van der Waals surface area contributed by atoms with Crippen LogP contribution in [0.1, 0.15) is 31.4 Å². The minimum absolute atomic E-state index is 0.0918. The maximum Gasteiger partial charge on any atom is 0.247 e. The van der Waals surface area contributed by atoms with Gasteiger partial charge in [0.2, 0.25) is 17.7 Å². The van der Waals surface area contributed by atoms with Gasteiger partial charge in [0, 0.05) is 12.1 Å². The number of carbonyl (C=O) groups is 3. The second-order valence-electron chi connectivity index (χ2n) is 7.01. The zero-order valence-corrected chi connectivity index (χ0v) is 18.3. The van der Waals surface area contributed by atoms with Gasteiger partial charge in [-0.3, -0.25) is 14.4 Å². The molecule has 0 aliphatic carbocycles. The number of nitrogens with zero attached hydrogens (tertiary/aromatic N) is 1. The van der Waals surface area contributed by atoms with E-state index in [2.05, 4.69) is 5.32 Å². The van der Waals surface area contributed by atoms with Gasteiger partial charge in [0.15, 0.2) is 0 Å². The largest absolute Gasteiger partial charge is 0.494 e. The summed E-state index contributed by atoms with van der Waals surface area (Å²) in [5.41, 5.74) is 3.42. The monoisotopic (exact) mass is 426 g/mol. The topological polar surface area (TPSA) is 75.7 Å². The average molecular weight is 427 g/mol. The number of benzene rings is 2. The molecule has 3 rings (SSSR count). The predicted octanol–water partition coefficient (Wildman–Crippen LogP) is 3.96. The Labute approximate surface area is 181 Å². The van der Waals surface area contributed by atoms with Gasteiger partial charge in [-0.2, -0.15) is 0 Å². The van der Waals surface area contributed by atoms with Crippen molar-refractivity contribution in [2.75, 3.05) is 22.6 Å². The van der Waals surface area contributed by atoms with Crippen LogP contribution in [0.3, 0.4) is 0 Å². The highest BCUT2D eigenvalue weighted by atomic mass is 32.2. The first-order valence-corrected chi connectivity index (χ1v) is 11.1. The Morgan fingerprint density at radius 2 is 1.90 bits per heavy atom. The Kier molecular flexibility index (Phi) is 7.15. The Morgan fingerprint density at radius 1 is 1.17 bits per heavy atom. The van der Waals surface area contributed by atoms with E-state index in [0.717, 1.165) is 23.2 Å². The molecule has 1 saturated heterocycles. The quantitative estimate of drug-likeness (QED) is 0.647. The molecule has 1 heterocycles. The number of anilines is 2. The maximum atomic E-state index is 12.8. The van der Waals surface area contributed by atoms with E-state index in [-0.39, 0.29) is 29.9 Å². The second kappa shape index (κ2) is 9.80. The molecule has 0 aromatic heterocycles. The normalized spacial score (nSPS) is 16.1. The molecule has 1 aliphatic heterocycles. The lowest BCUT2D eigenvalue weighted by Crippen LogP contribution is -2.31. The van der Waals surface area contributed by atoms with E-state index in [9.17, 15) is 14.4 Å². The third kappa shape index (κ3) is 4.84. The van der Waals surface area contributed by atoms with Crippen molar-refractivity contribution in [2.24, 2.45) is 0 Å². The summed E-state index contributed by atoms with van der Waals surface area (Å²) in [6, 6.07) is 12.8. The summed E-state index contributed by atoms with van der Waals surface area (Å²) in [6.45, 7) is 6.43. The maximum absolute atomic E-state index is 12.8. The van der Waals surface area contributed by atoms with E-state index in [0.29, 0.717) is 18.0 Å². The van der Waals surface area contributed by atoms with Gasteiger partial charge < -0.3 is 10.1 Å². The van der Waals surface area contributed by atoms with Crippen LogP contribution >= 0.6 is 11.8 Å². The fourth-order valence-corrected chi connectivity index (χ4v) is 4.35. The van der Waals surface area contributed by atoms with Crippen LogP contribution in [0.4, 0.5) is 11.4 Å². The summed E-state index contributed by atoms with van der Waals surface area (Å²) >= 11 is 1.20. The molecule has 2 aromatic rings. The van der Waals surface area contributed by atoms with Crippen LogP contribution < -0.4 is 15.0 Å². The van der Waals surface area contributed by atoms with E-state index >= 15 is 0 Å². The molecule has 0 unspecified atom stereocenters. The average Bonchev–Trinajstić information content (AvgIpc) is 3.02. The molecule has 1 fully saturated rings. The fraction of sp³-hybridized carbons (Fsp3) is 0.348. The standard InChI is InChI=1S/C23H26N2O4S/c1-4-16-8-6-7-15(3)22(16)24-20(26)14-30-19-13-21(27)25(23(19)28)17-9-11-18(12-10-17)29-5-2/h6-12,19H,4-5,13-14H2,1-3H3,(H,24,26)/t19-/m1/s1. The van der Waals surface area contributed by atoms with E-state index < -0.39 is 5.25 Å². The molecule has 0 bridgehead atoms. The van der Waals surface area contributed by atoms with E-state index in [1.807, 2.05) is 39.0 Å². The number of carbonyl (C=O) groups excluding carboxylic acids is 3. The number of thioether (sulfide) groups is 1. The van der Waals surface area contributed by atoms with Crippen LogP contribution in [0.5, 0.6) is 5.75 Å². The molecule has 0 spiro atoms. The highest BCUT2D eigenvalue weighted by Crippen LogP contribution is 2.31. The van der Waals surface area contributed by atoms with Gasteiger partial charge in [-0.05, 0) is 55.7 Å². The van der Waals surface area contributed by atoms with E-state index in [1.54, 1.807) is 24.3 Å². The van der Waals surface area contributed by atoms with Gasteiger partial charge in [-0.25, -0.2) is 4.90 Å². The summed E-state index contributed by atoms with van der Waals surface area (Å²) in [6.07, 6.45) is 0.908. The molecule has 0 saturated carbocycles. The minimum atomic E-state index is -0.558. The third-order valence-electron chi connectivity index (χ3n) is 4.93. The first-order valence-electron chi connectivity index (χ1n) is 10.0. The molecule has 7 heteroatoms. The van der Waals surface area contributed by atoms with Gasteiger partial charge in [0.25, 0.3) is 0 Å². The molecule has 1 aliphatic rings. The van der Waals surface area contributed by atoms with Crippen LogP contribution in [0, 0.1) is 6.92 Å². The Balaban J connectivity index is 1.61. The molecule has 3 amide bonds. The summed E-state index contributed by atoms with van der Waals surface area (Å²) in [5.74, 6) is 0.0777. The fourth-order valence-electron chi connectivity index (χ4n) is 3.42. The van der Waals surface area contributed by atoms with Crippen molar-refractivity contribution in [2.45, 2.75) is 38.9 Å². The Bertz CT molecular complexity index is 943. The van der Waals surface area contributed by atoms with Crippen molar-refractivity contribution < 1.29 is 19.1 Å². The van der Waals surface area contributed by atoms with Gasteiger partial charge in [0.05, 0.1) is 23.3 Å². The number of hydrogen-bond acceptors (Lipinski definition) is 5. The molecule has 158 valence electrons. The zero-order chi connectivity index (χ0) is 21.7. The van der Waals surface area contributed by atoms with Crippen molar-refractivity contribution in [3.63, 3.8) is 0 Å². The minimum Gasteiger partial charge on any atom is -0.494 e. The molecule has 6 nitrogen and oxygen atoms in total. The summed E-state index contributed by atoms with van der Waals surface area (Å²) in [4.78, 5) is 38.9. The molecular formula is C23H26N2O4S. The third-order valence-corrected chi connectivity index (χ3v) is 6.13. The van der Waals surface area contributed by atoms with Gasteiger partial charge >= 0.3 is 0 Å². The lowest BCUT2D eigenvalue weighted by molar-refractivity contribution is -0.121. The second-order valence-corrected chi connectivity index (χ2v) is 8.20. The Morgan fingerprint density at radius 3 is 2.57 bits per heavy atom. The van der Waals surface area contributed by atoms with Crippen LogP contribution in [0.2, 0.25) is 0 Å². The smallest absolute Gasteiger partial charge is 0.247 e. The van der Waals surface area contributed by atoms with Crippen LogP contribution in [0.15, 0.2) is 42.5 Å². The molecule has 1 N–H and O–H groups in total. The highest BCUT2D eigenvalue weighted by Gasteiger charge is 2.40. The van der Waals surface area contributed by atoms with Crippen molar-refractivity contribution in [1.82, 2.24) is 0 Å². The van der Waals surface area contributed by atoms with Crippen LogP contribution in [-0.4, -0.2) is 35.3 Å². The molecule has 1 atom stereocenters. The van der Waals surface area contributed by atoms with Crippen LogP contribution in [0.25, 0.3) is 0 Å². The molecular weight excluding hydrogens is 400 g/mol. The lowest BCUT2D eigenvalue weighted by Gasteiger charge is -2.16. The number of aryl methyl sites for hydroxylation is 2.